The minimum absolute atomic E-state index is 0.311. The molecule has 0 aromatic carbocycles. The van der Waals surface area contributed by atoms with Gasteiger partial charge in [0.15, 0.2) is 0 Å². The minimum Gasteiger partial charge on any atom is -0.340 e. The summed E-state index contributed by atoms with van der Waals surface area (Å²) in [6, 6.07) is 0.453. The van der Waals surface area contributed by atoms with Gasteiger partial charge in [-0.05, 0) is 25.2 Å². The number of carbonyl (C=O) groups is 1. The maximum absolute atomic E-state index is 12.2. The molecule has 2 fully saturated rings. The van der Waals surface area contributed by atoms with Gasteiger partial charge in [0.2, 0.25) is 5.91 Å². The molecule has 0 aromatic heterocycles. The lowest BCUT2D eigenvalue weighted by Gasteiger charge is -2.32. The van der Waals surface area contributed by atoms with Crippen LogP contribution in [0.5, 0.6) is 0 Å². The van der Waals surface area contributed by atoms with E-state index in [2.05, 4.69) is 26.1 Å². The smallest absolute Gasteiger partial charge is 0.226 e. The second kappa shape index (κ2) is 3.78. The van der Waals surface area contributed by atoms with E-state index in [9.17, 15) is 4.79 Å². The Bertz CT molecular complexity index is 266. The van der Waals surface area contributed by atoms with E-state index in [4.69, 9.17) is 0 Å². The highest BCUT2D eigenvalue weighted by Gasteiger charge is 2.54. The highest BCUT2D eigenvalue weighted by atomic mass is 16.2. The maximum atomic E-state index is 12.2. The normalized spacial score (nSPS) is 40.3. The van der Waals surface area contributed by atoms with Crippen molar-refractivity contribution in [2.75, 3.05) is 19.6 Å². The highest BCUT2D eigenvalue weighted by molar-refractivity contribution is 5.82. The highest BCUT2D eigenvalue weighted by Crippen LogP contribution is 2.55. The lowest BCUT2D eigenvalue weighted by molar-refractivity contribution is -0.134. The fourth-order valence-electron chi connectivity index (χ4n) is 2.54. The molecule has 3 heteroatoms. The van der Waals surface area contributed by atoms with Crippen molar-refractivity contribution in [3.63, 3.8) is 0 Å². The van der Waals surface area contributed by atoms with Crippen molar-refractivity contribution in [1.29, 1.82) is 0 Å². The van der Waals surface area contributed by atoms with Gasteiger partial charge in [-0.2, -0.15) is 0 Å². The van der Waals surface area contributed by atoms with Gasteiger partial charge in [-0.25, -0.2) is 0 Å². The Hall–Kier alpha value is -0.570. The molecule has 1 heterocycles. The Balaban J connectivity index is 1.92. The van der Waals surface area contributed by atoms with Crippen LogP contribution in [-0.2, 0) is 4.79 Å². The summed E-state index contributed by atoms with van der Waals surface area (Å²) >= 11 is 0. The van der Waals surface area contributed by atoms with Crippen LogP contribution in [0.3, 0.4) is 0 Å². The van der Waals surface area contributed by atoms with Gasteiger partial charge in [-0.1, -0.05) is 13.8 Å². The Morgan fingerprint density at radius 2 is 2.33 bits per heavy atom. The third-order valence-corrected chi connectivity index (χ3v) is 4.14. The lowest BCUT2D eigenvalue weighted by Crippen LogP contribution is -2.52. The van der Waals surface area contributed by atoms with Gasteiger partial charge in [0.05, 0.1) is 0 Å². The number of nitrogens with zero attached hydrogens (tertiary/aromatic N) is 1. The minimum atomic E-state index is 0.311. The molecule has 0 radical (unpaired) electrons. The van der Waals surface area contributed by atoms with E-state index < -0.39 is 0 Å². The van der Waals surface area contributed by atoms with Crippen molar-refractivity contribution in [2.45, 2.75) is 39.7 Å². The molecule has 1 N–H and O–H groups in total. The molecule has 3 unspecified atom stereocenters. The van der Waals surface area contributed by atoms with E-state index in [-0.39, 0.29) is 0 Å². The zero-order chi connectivity index (χ0) is 11.1. The van der Waals surface area contributed by atoms with E-state index in [0.29, 0.717) is 23.3 Å². The van der Waals surface area contributed by atoms with Crippen LogP contribution in [0.2, 0.25) is 0 Å². The van der Waals surface area contributed by atoms with Crippen LogP contribution in [-0.4, -0.2) is 36.5 Å². The van der Waals surface area contributed by atoms with Crippen molar-refractivity contribution in [1.82, 2.24) is 10.2 Å². The van der Waals surface area contributed by atoms with Crippen molar-refractivity contribution >= 4 is 5.91 Å². The number of hydrogen-bond donors (Lipinski definition) is 1. The summed E-state index contributed by atoms with van der Waals surface area (Å²) in [5.41, 5.74) is 0.311. The van der Waals surface area contributed by atoms with Crippen molar-refractivity contribution in [3.05, 3.63) is 0 Å². The second-order valence-corrected chi connectivity index (χ2v) is 5.40. The number of piperazine rings is 1. The van der Waals surface area contributed by atoms with Crippen molar-refractivity contribution in [2.24, 2.45) is 11.3 Å². The predicted molar refractivity (Wildman–Crippen MR) is 60.5 cm³/mol. The number of nitrogens with one attached hydrogen (secondary N) is 1. The molecule has 1 saturated heterocycles. The largest absolute Gasteiger partial charge is 0.340 e. The fourth-order valence-corrected chi connectivity index (χ4v) is 2.54. The second-order valence-electron chi connectivity index (χ2n) is 5.40. The van der Waals surface area contributed by atoms with E-state index in [1.165, 1.54) is 0 Å². The van der Waals surface area contributed by atoms with E-state index in [0.717, 1.165) is 32.5 Å². The van der Waals surface area contributed by atoms with Crippen LogP contribution in [0.1, 0.15) is 33.6 Å². The first-order chi connectivity index (χ1) is 7.07. The molecule has 1 amide bonds. The van der Waals surface area contributed by atoms with Crippen LogP contribution in [0.15, 0.2) is 0 Å². The molecule has 0 bridgehead atoms. The molecular formula is C12H22N2O. The SMILES string of the molecule is CCC1(C)CC1C(=O)N1CCNC(C)C1. The monoisotopic (exact) mass is 210 g/mol. The van der Waals surface area contributed by atoms with Gasteiger partial charge < -0.3 is 10.2 Å². The fraction of sp³-hybridized carbons (Fsp3) is 0.917. The Kier molecular flexibility index (Phi) is 2.75. The van der Waals surface area contributed by atoms with Gasteiger partial charge >= 0.3 is 0 Å². The first-order valence-electron chi connectivity index (χ1n) is 6.09. The summed E-state index contributed by atoms with van der Waals surface area (Å²) in [6.07, 6.45) is 2.23. The molecule has 0 aromatic rings. The molecule has 1 saturated carbocycles. The van der Waals surface area contributed by atoms with Crippen LogP contribution in [0, 0.1) is 11.3 Å². The van der Waals surface area contributed by atoms with Crippen LogP contribution in [0.25, 0.3) is 0 Å². The average Bonchev–Trinajstić information content (AvgIpc) is 2.91. The first-order valence-corrected chi connectivity index (χ1v) is 6.09. The summed E-state index contributed by atoms with van der Waals surface area (Å²) < 4.78 is 0. The summed E-state index contributed by atoms with van der Waals surface area (Å²) in [6.45, 7) is 9.29. The van der Waals surface area contributed by atoms with Gasteiger partial charge in [-0.15, -0.1) is 0 Å². The van der Waals surface area contributed by atoms with E-state index in [1.54, 1.807) is 0 Å². The summed E-state index contributed by atoms with van der Waals surface area (Å²) in [4.78, 5) is 14.2. The average molecular weight is 210 g/mol. The number of amides is 1. The standard InChI is InChI=1S/C12H22N2O/c1-4-12(3)7-10(12)11(15)14-6-5-13-9(2)8-14/h9-10,13H,4-8H2,1-3H3. The third-order valence-electron chi connectivity index (χ3n) is 4.14. The zero-order valence-corrected chi connectivity index (χ0v) is 10.0. The molecule has 3 atom stereocenters. The number of carbonyl (C=O) groups excluding carboxylic acids is 1. The van der Waals surface area contributed by atoms with Crippen molar-refractivity contribution in [3.8, 4) is 0 Å². The quantitative estimate of drug-likeness (QED) is 0.744. The molecule has 15 heavy (non-hydrogen) atoms. The molecule has 86 valence electrons. The zero-order valence-electron chi connectivity index (χ0n) is 10.0. The Labute approximate surface area is 92.2 Å². The molecule has 1 aliphatic carbocycles. The molecule has 2 rings (SSSR count). The Morgan fingerprint density at radius 1 is 1.60 bits per heavy atom. The van der Waals surface area contributed by atoms with Crippen molar-refractivity contribution < 1.29 is 4.79 Å². The molecular weight excluding hydrogens is 188 g/mol. The van der Waals surface area contributed by atoms with E-state index in [1.807, 2.05) is 4.90 Å². The molecule has 0 spiro atoms. The molecule has 1 aliphatic heterocycles. The van der Waals surface area contributed by atoms with Crippen LogP contribution < -0.4 is 5.32 Å². The first kappa shape index (κ1) is 10.9. The topological polar surface area (TPSA) is 32.3 Å². The summed E-state index contributed by atoms with van der Waals surface area (Å²) in [7, 11) is 0. The molecule has 2 aliphatic rings. The van der Waals surface area contributed by atoms with Crippen LogP contribution in [0.4, 0.5) is 0 Å². The number of hydrogen-bond acceptors (Lipinski definition) is 2. The number of rotatable bonds is 2. The third kappa shape index (κ3) is 2.03. The predicted octanol–water partition coefficient (Wildman–Crippen LogP) is 1.24. The maximum Gasteiger partial charge on any atom is 0.226 e. The van der Waals surface area contributed by atoms with Gasteiger partial charge in [0.25, 0.3) is 0 Å². The van der Waals surface area contributed by atoms with Gasteiger partial charge in [0, 0.05) is 31.6 Å². The summed E-state index contributed by atoms with van der Waals surface area (Å²) in [5, 5.41) is 3.37. The van der Waals surface area contributed by atoms with Gasteiger partial charge in [-0.3, -0.25) is 4.79 Å². The lowest BCUT2D eigenvalue weighted by atomic mass is 10.0. The van der Waals surface area contributed by atoms with Crippen LogP contribution >= 0.6 is 0 Å². The van der Waals surface area contributed by atoms with Gasteiger partial charge in [0.1, 0.15) is 0 Å². The summed E-state index contributed by atoms with van der Waals surface area (Å²) in [5.74, 6) is 0.709. The molecule has 3 nitrogen and oxygen atoms in total. The van der Waals surface area contributed by atoms with E-state index >= 15 is 0 Å². The Morgan fingerprint density at radius 3 is 2.87 bits per heavy atom.